The molecule has 0 bridgehead atoms. The third kappa shape index (κ3) is 3.62. The third-order valence-electron chi connectivity index (χ3n) is 6.17. The molecule has 1 unspecified atom stereocenters. The normalized spacial score (nSPS) is 19.6. The van der Waals surface area contributed by atoms with Gasteiger partial charge < -0.3 is 9.88 Å². The fourth-order valence-electron chi connectivity index (χ4n) is 4.71. The number of benzene rings is 1. The van der Waals surface area contributed by atoms with E-state index in [4.69, 9.17) is 0 Å². The molecule has 0 spiro atoms. The van der Waals surface area contributed by atoms with E-state index in [1.165, 1.54) is 6.07 Å². The van der Waals surface area contributed by atoms with Gasteiger partial charge in [0.05, 0.1) is 11.1 Å². The Bertz CT molecular complexity index is 902. The van der Waals surface area contributed by atoms with Crippen LogP contribution in [-0.4, -0.2) is 34.7 Å². The summed E-state index contributed by atoms with van der Waals surface area (Å²) in [6.07, 6.45) is 5.77. The molecular formula is C23H27FN2O2. The van der Waals surface area contributed by atoms with Gasteiger partial charge in [0.15, 0.2) is 5.78 Å². The minimum atomic E-state index is -0.153. The number of aromatic nitrogens is 1. The van der Waals surface area contributed by atoms with Crippen LogP contribution in [0.15, 0.2) is 24.3 Å². The first-order valence-corrected chi connectivity index (χ1v) is 10.3. The van der Waals surface area contributed by atoms with Crippen molar-refractivity contribution in [2.24, 2.45) is 5.92 Å². The average Bonchev–Trinajstić information content (AvgIpc) is 3.04. The molecule has 0 saturated carbocycles. The number of rotatable bonds is 4. The smallest absolute Gasteiger partial charge is 0.256 e. The minimum Gasteiger partial charge on any atom is -0.361 e. The van der Waals surface area contributed by atoms with Crippen molar-refractivity contribution in [2.45, 2.75) is 51.9 Å². The number of nitrogens with one attached hydrogen (secondary N) is 1. The van der Waals surface area contributed by atoms with Gasteiger partial charge in [-0.15, -0.1) is 0 Å². The van der Waals surface area contributed by atoms with Gasteiger partial charge in [0.2, 0.25) is 0 Å². The van der Waals surface area contributed by atoms with E-state index in [1.54, 1.807) is 6.07 Å². The van der Waals surface area contributed by atoms with E-state index in [2.05, 4.69) is 4.98 Å². The summed E-state index contributed by atoms with van der Waals surface area (Å²) in [5.74, 6) is 0.269. The van der Waals surface area contributed by atoms with Crippen LogP contribution in [0.2, 0.25) is 0 Å². The fourth-order valence-corrected chi connectivity index (χ4v) is 4.71. The molecule has 1 aliphatic carbocycles. The molecule has 2 heterocycles. The molecular weight excluding hydrogens is 355 g/mol. The Hall–Kier alpha value is -2.43. The van der Waals surface area contributed by atoms with Crippen molar-refractivity contribution < 1.29 is 14.0 Å². The van der Waals surface area contributed by atoms with E-state index < -0.39 is 0 Å². The number of H-pyrrole nitrogens is 1. The quantitative estimate of drug-likeness (QED) is 0.848. The van der Waals surface area contributed by atoms with Crippen LogP contribution in [0, 0.1) is 18.7 Å². The molecule has 0 radical (unpaired) electrons. The number of halogens is 1. The molecule has 1 aliphatic heterocycles. The largest absolute Gasteiger partial charge is 0.361 e. The van der Waals surface area contributed by atoms with Gasteiger partial charge in [0.25, 0.3) is 5.91 Å². The molecule has 1 aromatic heterocycles. The number of piperidine rings is 1. The lowest BCUT2D eigenvalue weighted by Crippen LogP contribution is -2.40. The van der Waals surface area contributed by atoms with Crippen molar-refractivity contribution in [2.75, 3.05) is 13.1 Å². The average molecular weight is 382 g/mol. The minimum absolute atomic E-state index is 0.0270. The highest BCUT2D eigenvalue weighted by Gasteiger charge is 2.32. The van der Waals surface area contributed by atoms with Gasteiger partial charge in [-0.3, -0.25) is 9.59 Å². The molecule has 28 heavy (non-hydrogen) atoms. The molecule has 2 aromatic rings. The topological polar surface area (TPSA) is 53.2 Å². The van der Waals surface area contributed by atoms with E-state index in [-0.39, 0.29) is 17.5 Å². The Balaban J connectivity index is 1.46. The SMILES string of the molecule is Cc1[nH]c2c(c1C(=O)N1CCCC(CCc3ccccc3F)C1)C(=O)CCC2. The van der Waals surface area contributed by atoms with Crippen LogP contribution >= 0.6 is 0 Å². The van der Waals surface area contributed by atoms with Gasteiger partial charge >= 0.3 is 0 Å². The summed E-state index contributed by atoms with van der Waals surface area (Å²) in [7, 11) is 0. The zero-order valence-electron chi connectivity index (χ0n) is 16.4. The number of Topliss-reactive ketones (excluding diaryl/α,β-unsaturated/α-hetero) is 1. The highest BCUT2D eigenvalue weighted by Crippen LogP contribution is 2.30. The number of ketones is 1. The molecule has 1 amide bonds. The van der Waals surface area contributed by atoms with E-state index in [9.17, 15) is 14.0 Å². The highest BCUT2D eigenvalue weighted by molar-refractivity contribution is 6.10. The molecule has 2 aliphatic rings. The number of hydrogen-bond acceptors (Lipinski definition) is 2. The van der Waals surface area contributed by atoms with Gasteiger partial charge in [-0.25, -0.2) is 4.39 Å². The maximum atomic E-state index is 13.9. The predicted molar refractivity (Wildman–Crippen MR) is 106 cm³/mol. The van der Waals surface area contributed by atoms with E-state index in [1.807, 2.05) is 24.0 Å². The Morgan fingerprint density at radius 2 is 2.07 bits per heavy atom. The zero-order valence-corrected chi connectivity index (χ0v) is 16.4. The molecule has 1 saturated heterocycles. The van der Waals surface area contributed by atoms with Gasteiger partial charge in [-0.2, -0.15) is 0 Å². The second-order valence-corrected chi connectivity index (χ2v) is 8.14. The van der Waals surface area contributed by atoms with Gasteiger partial charge in [-0.05, 0) is 63.0 Å². The van der Waals surface area contributed by atoms with Crippen LogP contribution in [0.25, 0.3) is 0 Å². The lowest BCUT2D eigenvalue weighted by atomic mass is 9.90. The van der Waals surface area contributed by atoms with Gasteiger partial charge in [0, 0.05) is 30.9 Å². The summed E-state index contributed by atoms with van der Waals surface area (Å²) in [6.45, 7) is 3.29. The van der Waals surface area contributed by atoms with Crippen LogP contribution in [0.5, 0.6) is 0 Å². The summed E-state index contributed by atoms with van der Waals surface area (Å²) in [4.78, 5) is 30.9. The van der Waals surface area contributed by atoms with Crippen molar-refractivity contribution in [1.82, 2.24) is 9.88 Å². The third-order valence-corrected chi connectivity index (χ3v) is 6.17. The van der Waals surface area contributed by atoms with Gasteiger partial charge in [-0.1, -0.05) is 18.2 Å². The molecule has 5 heteroatoms. The van der Waals surface area contributed by atoms with Crippen molar-refractivity contribution >= 4 is 11.7 Å². The standard InChI is InChI=1S/C23H27FN2O2/c1-15-21(22-19(25-15)9-4-10-20(22)27)23(28)26-13-5-6-16(14-26)11-12-17-7-2-3-8-18(17)24/h2-3,7-8,16,25H,4-6,9-14H2,1H3. The zero-order chi connectivity index (χ0) is 19.7. The molecule has 1 aromatic carbocycles. The molecule has 4 rings (SSSR count). The Labute approximate surface area is 165 Å². The number of aromatic amines is 1. The number of hydrogen-bond donors (Lipinski definition) is 1. The van der Waals surface area contributed by atoms with Crippen LogP contribution in [-0.2, 0) is 12.8 Å². The number of aryl methyl sites for hydroxylation is 3. The number of carbonyl (C=O) groups excluding carboxylic acids is 2. The van der Waals surface area contributed by atoms with Crippen LogP contribution in [0.4, 0.5) is 4.39 Å². The molecule has 1 N–H and O–H groups in total. The Kier molecular flexibility index (Phi) is 5.33. The maximum absolute atomic E-state index is 13.9. The number of nitrogens with zero attached hydrogens (tertiary/aromatic N) is 1. The molecule has 1 atom stereocenters. The predicted octanol–water partition coefficient (Wildman–Crippen LogP) is 4.47. The van der Waals surface area contributed by atoms with Crippen LogP contribution in [0.1, 0.15) is 69.8 Å². The number of fused-ring (bicyclic) bond motifs is 1. The first-order valence-electron chi connectivity index (χ1n) is 10.3. The first kappa shape index (κ1) is 18.9. The molecule has 1 fully saturated rings. The van der Waals surface area contributed by atoms with E-state index >= 15 is 0 Å². The number of carbonyl (C=O) groups is 2. The number of likely N-dealkylation sites (tertiary alicyclic amines) is 1. The summed E-state index contributed by atoms with van der Waals surface area (Å²) in [5.41, 5.74) is 3.67. The fraction of sp³-hybridized carbons (Fsp3) is 0.478. The van der Waals surface area contributed by atoms with Crippen molar-refractivity contribution in [3.63, 3.8) is 0 Å². The van der Waals surface area contributed by atoms with Crippen molar-refractivity contribution in [3.8, 4) is 0 Å². The van der Waals surface area contributed by atoms with Crippen LogP contribution < -0.4 is 0 Å². The number of amides is 1. The first-order chi connectivity index (χ1) is 13.5. The van der Waals surface area contributed by atoms with Crippen molar-refractivity contribution in [3.05, 3.63) is 58.2 Å². The van der Waals surface area contributed by atoms with E-state index in [0.717, 1.165) is 55.6 Å². The summed E-state index contributed by atoms with van der Waals surface area (Å²) in [5, 5.41) is 0. The van der Waals surface area contributed by atoms with Crippen LogP contribution in [0.3, 0.4) is 0 Å². The summed E-state index contributed by atoms with van der Waals surface area (Å²) in [6, 6.07) is 6.91. The maximum Gasteiger partial charge on any atom is 0.256 e. The van der Waals surface area contributed by atoms with Crippen molar-refractivity contribution in [1.29, 1.82) is 0 Å². The van der Waals surface area contributed by atoms with Gasteiger partial charge in [0.1, 0.15) is 5.82 Å². The second-order valence-electron chi connectivity index (χ2n) is 8.14. The molecule has 4 nitrogen and oxygen atoms in total. The summed E-state index contributed by atoms with van der Waals surface area (Å²) >= 11 is 0. The lowest BCUT2D eigenvalue weighted by Gasteiger charge is -2.33. The highest BCUT2D eigenvalue weighted by atomic mass is 19.1. The monoisotopic (exact) mass is 382 g/mol. The molecule has 148 valence electrons. The second kappa shape index (κ2) is 7.90. The Morgan fingerprint density at radius 1 is 1.25 bits per heavy atom. The van der Waals surface area contributed by atoms with E-state index in [0.29, 0.717) is 36.4 Å². The lowest BCUT2D eigenvalue weighted by molar-refractivity contribution is 0.0663. The summed E-state index contributed by atoms with van der Waals surface area (Å²) < 4.78 is 13.9. The Morgan fingerprint density at radius 3 is 2.89 bits per heavy atom.